The molecule has 4 aromatic rings. The SMILES string of the molecule is CCC(=O)Nc1nc(-c2ccccc2)nc2c1c(=O)oc1ccc(Br)cc12. The number of rotatable bonds is 3. The number of aromatic nitrogens is 2. The van der Waals surface area contributed by atoms with E-state index in [1.807, 2.05) is 36.4 Å². The van der Waals surface area contributed by atoms with Crippen molar-refractivity contribution in [3.8, 4) is 11.4 Å². The predicted molar refractivity (Wildman–Crippen MR) is 108 cm³/mol. The Labute approximate surface area is 162 Å². The van der Waals surface area contributed by atoms with Crippen LogP contribution in [0.3, 0.4) is 0 Å². The molecular weight excluding hydrogens is 410 g/mol. The fourth-order valence-corrected chi connectivity index (χ4v) is 3.16. The van der Waals surface area contributed by atoms with Crippen LogP contribution in [0.15, 0.2) is 62.2 Å². The number of fused-ring (bicyclic) bond motifs is 3. The zero-order chi connectivity index (χ0) is 19.0. The molecule has 0 atom stereocenters. The Bertz CT molecular complexity index is 1240. The van der Waals surface area contributed by atoms with Crippen LogP contribution in [-0.2, 0) is 4.79 Å². The molecule has 0 unspecified atom stereocenters. The van der Waals surface area contributed by atoms with E-state index in [1.54, 1.807) is 19.1 Å². The van der Waals surface area contributed by atoms with Crippen molar-refractivity contribution in [1.82, 2.24) is 9.97 Å². The maximum absolute atomic E-state index is 12.6. The van der Waals surface area contributed by atoms with Crippen molar-refractivity contribution in [3.05, 3.63) is 63.4 Å². The molecule has 2 aromatic carbocycles. The van der Waals surface area contributed by atoms with E-state index in [2.05, 4.69) is 31.2 Å². The smallest absolute Gasteiger partial charge is 0.349 e. The first kappa shape index (κ1) is 17.4. The van der Waals surface area contributed by atoms with E-state index in [9.17, 15) is 9.59 Å². The topological polar surface area (TPSA) is 85.1 Å². The average Bonchev–Trinajstić information content (AvgIpc) is 2.69. The van der Waals surface area contributed by atoms with Gasteiger partial charge in [-0.2, -0.15) is 0 Å². The average molecular weight is 424 g/mol. The third-order valence-electron chi connectivity index (χ3n) is 4.12. The number of hydrogen-bond acceptors (Lipinski definition) is 5. The normalized spacial score (nSPS) is 11.0. The van der Waals surface area contributed by atoms with Crippen molar-refractivity contribution in [2.45, 2.75) is 13.3 Å². The number of halogens is 1. The quantitative estimate of drug-likeness (QED) is 0.386. The minimum atomic E-state index is -0.592. The Balaban J connectivity index is 2.12. The molecule has 7 heteroatoms. The van der Waals surface area contributed by atoms with Crippen LogP contribution in [0.5, 0.6) is 0 Å². The van der Waals surface area contributed by atoms with Gasteiger partial charge in [0.15, 0.2) is 11.6 Å². The van der Waals surface area contributed by atoms with Crippen molar-refractivity contribution in [2.75, 3.05) is 5.32 Å². The molecule has 0 aliphatic rings. The summed E-state index contributed by atoms with van der Waals surface area (Å²) in [6.07, 6.45) is 0.261. The summed E-state index contributed by atoms with van der Waals surface area (Å²) >= 11 is 3.44. The number of hydrogen-bond donors (Lipinski definition) is 1. The summed E-state index contributed by atoms with van der Waals surface area (Å²) in [6, 6.07) is 14.7. The van der Waals surface area contributed by atoms with Crippen molar-refractivity contribution >= 4 is 49.5 Å². The second kappa shape index (κ2) is 6.92. The Morgan fingerprint density at radius 1 is 1.15 bits per heavy atom. The van der Waals surface area contributed by atoms with Gasteiger partial charge in [-0.25, -0.2) is 14.8 Å². The zero-order valence-electron chi connectivity index (χ0n) is 14.3. The van der Waals surface area contributed by atoms with Gasteiger partial charge >= 0.3 is 5.63 Å². The highest BCUT2D eigenvalue weighted by Crippen LogP contribution is 2.30. The van der Waals surface area contributed by atoms with Crippen molar-refractivity contribution in [2.24, 2.45) is 0 Å². The van der Waals surface area contributed by atoms with Gasteiger partial charge < -0.3 is 9.73 Å². The van der Waals surface area contributed by atoms with E-state index in [1.165, 1.54) is 0 Å². The van der Waals surface area contributed by atoms with E-state index in [4.69, 9.17) is 4.42 Å². The highest BCUT2D eigenvalue weighted by molar-refractivity contribution is 9.10. The molecule has 4 rings (SSSR count). The van der Waals surface area contributed by atoms with Crippen molar-refractivity contribution < 1.29 is 9.21 Å². The number of nitrogens with zero attached hydrogens (tertiary/aromatic N) is 2. The fourth-order valence-electron chi connectivity index (χ4n) is 2.80. The molecule has 2 aromatic heterocycles. The second-order valence-electron chi connectivity index (χ2n) is 5.92. The maximum atomic E-state index is 12.6. The van der Waals surface area contributed by atoms with Gasteiger partial charge in [0.25, 0.3) is 0 Å². The molecule has 1 N–H and O–H groups in total. The molecule has 0 aliphatic heterocycles. The van der Waals surface area contributed by atoms with Gasteiger partial charge in [0, 0.05) is 21.8 Å². The van der Waals surface area contributed by atoms with Gasteiger partial charge in [0.1, 0.15) is 11.0 Å². The van der Waals surface area contributed by atoms with E-state index in [0.29, 0.717) is 22.3 Å². The first-order valence-electron chi connectivity index (χ1n) is 8.36. The molecule has 134 valence electrons. The van der Waals surface area contributed by atoms with E-state index >= 15 is 0 Å². The molecule has 0 aliphatic carbocycles. The summed E-state index contributed by atoms with van der Waals surface area (Å²) in [5.41, 5.74) is 1.04. The van der Waals surface area contributed by atoms with Gasteiger partial charge in [-0.05, 0) is 18.2 Å². The first-order chi connectivity index (χ1) is 13.1. The standard InChI is InChI=1S/C20H14BrN3O3/c1-2-15(25)22-19-16-17(23-18(24-19)11-6-4-3-5-7-11)13-10-12(21)8-9-14(13)27-20(16)26/h3-10H,2H2,1H3,(H,22,23,24,25). The fraction of sp³-hybridized carbons (Fsp3) is 0.100. The van der Waals surface area contributed by atoms with Crippen LogP contribution in [0.4, 0.5) is 5.82 Å². The molecule has 0 radical (unpaired) electrons. The zero-order valence-corrected chi connectivity index (χ0v) is 15.9. The highest BCUT2D eigenvalue weighted by atomic mass is 79.9. The number of amides is 1. The minimum absolute atomic E-state index is 0.154. The van der Waals surface area contributed by atoms with Gasteiger partial charge in [-0.15, -0.1) is 0 Å². The molecule has 0 spiro atoms. The minimum Gasteiger partial charge on any atom is -0.422 e. The van der Waals surface area contributed by atoms with Gasteiger partial charge in [-0.1, -0.05) is 53.2 Å². The lowest BCUT2D eigenvalue weighted by Gasteiger charge is -2.10. The lowest BCUT2D eigenvalue weighted by atomic mass is 10.1. The van der Waals surface area contributed by atoms with Gasteiger partial charge in [0.05, 0.1) is 5.52 Å². The molecule has 6 nitrogen and oxygen atoms in total. The van der Waals surface area contributed by atoms with Crippen LogP contribution >= 0.6 is 15.9 Å². The number of carbonyl (C=O) groups is 1. The maximum Gasteiger partial charge on any atom is 0.349 e. The van der Waals surface area contributed by atoms with E-state index in [0.717, 1.165) is 10.0 Å². The second-order valence-corrected chi connectivity index (χ2v) is 6.83. The van der Waals surface area contributed by atoms with E-state index < -0.39 is 5.63 Å². The molecule has 0 saturated heterocycles. The summed E-state index contributed by atoms with van der Waals surface area (Å²) in [6.45, 7) is 1.73. The predicted octanol–water partition coefficient (Wildman–Crippen LogP) is 4.51. The van der Waals surface area contributed by atoms with Gasteiger partial charge in [-0.3, -0.25) is 4.79 Å². The number of benzene rings is 2. The molecule has 0 saturated carbocycles. The van der Waals surface area contributed by atoms with Crippen LogP contribution < -0.4 is 10.9 Å². The Morgan fingerprint density at radius 2 is 1.93 bits per heavy atom. The Morgan fingerprint density at radius 3 is 2.67 bits per heavy atom. The third kappa shape index (κ3) is 3.21. The van der Waals surface area contributed by atoms with Crippen LogP contribution in [0.25, 0.3) is 33.3 Å². The van der Waals surface area contributed by atoms with Gasteiger partial charge in [0.2, 0.25) is 5.91 Å². The first-order valence-corrected chi connectivity index (χ1v) is 9.15. The summed E-state index contributed by atoms with van der Waals surface area (Å²) < 4.78 is 6.25. The number of carbonyl (C=O) groups excluding carboxylic acids is 1. The van der Waals surface area contributed by atoms with Crippen molar-refractivity contribution in [3.63, 3.8) is 0 Å². The van der Waals surface area contributed by atoms with Crippen LogP contribution in [-0.4, -0.2) is 15.9 Å². The Kier molecular flexibility index (Phi) is 4.45. The molecular formula is C20H14BrN3O3. The van der Waals surface area contributed by atoms with Crippen LogP contribution in [0, 0.1) is 0 Å². The Hall–Kier alpha value is -3.06. The third-order valence-corrected chi connectivity index (χ3v) is 4.62. The summed E-state index contributed by atoms with van der Waals surface area (Å²) in [5, 5.41) is 3.52. The molecule has 0 fully saturated rings. The largest absolute Gasteiger partial charge is 0.422 e. The summed E-state index contributed by atoms with van der Waals surface area (Å²) in [7, 11) is 0. The van der Waals surface area contributed by atoms with Crippen LogP contribution in [0.1, 0.15) is 13.3 Å². The monoisotopic (exact) mass is 423 g/mol. The number of anilines is 1. The molecule has 0 bridgehead atoms. The molecule has 2 heterocycles. The molecule has 27 heavy (non-hydrogen) atoms. The van der Waals surface area contributed by atoms with Crippen LogP contribution in [0.2, 0.25) is 0 Å². The summed E-state index contributed by atoms with van der Waals surface area (Å²) in [5.74, 6) is 0.324. The van der Waals surface area contributed by atoms with E-state index in [-0.39, 0.29) is 23.5 Å². The lowest BCUT2D eigenvalue weighted by molar-refractivity contribution is -0.115. The molecule has 1 amide bonds. The lowest BCUT2D eigenvalue weighted by Crippen LogP contribution is -2.15. The van der Waals surface area contributed by atoms with Crippen molar-refractivity contribution in [1.29, 1.82) is 0 Å². The highest BCUT2D eigenvalue weighted by Gasteiger charge is 2.18. The number of nitrogens with one attached hydrogen (secondary N) is 1. The summed E-state index contributed by atoms with van der Waals surface area (Å²) in [4.78, 5) is 33.7.